The molecule has 0 radical (unpaired) electrons. The van der Waals surface area contributed by atoms with Gasteiger partial charge in [0.2, 0.25) is 5.91 Å². The van der Waals surface area contributed by atoms with Gasteiger partial charge in [0.1, 0.15) is 6.26 Å². The molecule has 0 spiro atoms. The van der Waals surface area contributed by atoms with E-state index in [9.17, 15) is 9.59 Å². The number of benzene rings is 1. The molecule has 0 unspecified atom stereocenters. The Bertz CT molecular complexity index is 700. The monoisotopic (exact) mass is 332 g/mol. The number of carbonyl (C=O) groups is 2. The third-order valence-corrected chi connectivity index (χ3v) is 4.13. The second kappa shape index (κ2) is 6.87. The summed E-state index contributed by atoms with van der Waals surface area (Å²) in [5.74, 6) is -0.155. The first kappa shape index (κ1) is 15.6. The van der Waals surface area contributed by atoms with Crippen molar-refractivity contribution in [3.05, 3.63) is 59.0 Å². The Morgan fingerprint density at radius 2 is 2.26 bits per heavy atom. The fraction of sp³-hybridized carbons (Fsp3) is 0.294. The highest BCUT2D eigenvalue weighted by Gasteiger charge is 2.30. The molecule has 2 aromatic rings. The topological polar surface area (TPSA) is 62.6 Å². The number of likely N-dealkylation sites (tertiary alicyclic amines) is 1. The Labute approximate surface area is 139 Å². The number of furan rings is 1. The quantitative estimate of drug-likeness (QED) is 0.915. The zero-order chi connectivity index (χ0) is 16.2. The molecule has 1 aromatic carbocycles. The third-order valence-electron chi connectivity index (χ3n) is 3.89. The largest absolute Gasteiger partial charge is 0.472 e. The van der Waals surface area contributed by atoms with E-state index < -0.39 is 0 Å². The van der Waals surface area contributed by atoms with Crippen LogP contribution in [0.1, 0.15) is 22.3 Å². The summed E-state index contributed by atoms with van der Waals surface area (Å²) in [6, 6.07) is 9.06. The first-order chi connectivity index (χ1) is 11.1. The van der Waals surface area contributed by atoms with E-state index in [1.54, 1.807) is 11.0 Å². The maximum Gasteiger partial charge on any atom is 0.254 e. The molecule has 0 bridgehead atoms. The van der Waals surface area contributed by atoms with Gasteiger partial charge >= 0.3 is 0 Å². The molecule has 120 valence electrons. The van der Waals surface area contributed by atoms with Crippen molar-refractivity contribution in [2.24, 2.45) is 0 Å². The van der Waals surface area contributed by atoms with Crippen LogP contribution >= 0.6 is 11.6 Å². The molecule has 0 saturated carbocycles. The maximum absolute atomic E-state index is 12.1. The van der Waals surface area contributed by atoms with Gasteiger partial charge in [-0.05, 0) is 30.2 Å². The van der Waals surface area contributed by atoms with Gasteiger partial charge in [0.15, 0.2) is 0 Å². The molecule has 2 amide bonds. The lowest BCUT2D eigenvalue weighted by molar-refractivity contribution is -0.127. The first-order valence-electron chi connectivity index (χ1n) is 7.47. The minimum Gasteiger partial charge on any atom is -0.472 e. The van der Waals surface area contributed by atoms with Gasteiger partial charge in [0.05, 0.1) is 17.9 Å². The lowest BCUT2D eigenvalue weighted by Gasteiger charge is -2.17. The van der Waals surface area contributed by atoms with Crippen LogP contribution in [-0.4, -0.2) is 35.8 Å². The summed E-state index contributed by atoms with van der Waals surface area (Å²) >= 11 is 5.96. The van der Waals surface area contributed by atoms with E-state index in [-0.39, 0.29) is 17.9 Å². The van der Waals surface area contributed by atoms with Crippen LogP contribution in [-0.2, 0) is 11.2 Å². The molecular weight excluding hydrogens is 316 g/mol. The second-order valence-electron chi connectivity index (χ2n) is 5.61. The van der Waals surface area contributed by atoms with Crippen molar-refractivity contribution < 1.29 is 14.0 Å². The molecule has 1 aliphatic heterocycles. The highest BCUT2D eigenvalue weighted by molar-refractivity contribution is 6.30. The van der Waals surface area contributed by atoms with E-state index in [2.05, 4.69) is 5.32 Å². The van der Waals surface area contributed by atoms with Gasteiger partial charge in [-0.3, -0.25) is 9.59 Å². The number of halogens is 1. The molecule has 5 nitrogen and oxygen atoms in total. The Hall–Kier alpha value is -2.27. The van der Waals surface area contributed by atoms with Crippen molar-refractivity contribution in [1.29, 1.82) is 0 Å². The molecular formula is C17H17ClN2O3. The van der Waals surface area contributed by atoms with Crippen LogP contribution in [0.25, 0.3) is 0 Å². The van der Waals surface area contributed by atoms with Crippen molar-refractivity contribution in [2.75, 3.05) is 13.1 Å². The van der Waals surface area contributed by atoms with Gasteiger partial charge in [-0.2, -0.15) is 0 Å². The zero-order valence-corrected chi connectivity index (χ0v) is 13.3. The van der Waals surface area contributed by atoms with E-state index >= 15 is 0 Å². The smallest absolute Gasteiger partial charge is 0.254 e. The summed E-state index contributed by atoms with van der Waals surface area (Å²) in [5, 5.41) is 3.56. The summed E-state index contributed by atoms with van der Waals surface area (Å²) in [4.78, 5) is 25.8. The number of amides is 2. The number of rotatable bonds is 5. The van der Waals surface area contributed by atoms with Crippen LogP contribution in [0.15, 0.2) is 47.3 Å². The fourth-order valence-electron chi connectivity index (χ4n) is 2.70. The number of hydrogen-bond donors (Lipinski definition) is 1. The van der Waals surface area contributed by atoms with Crippen LogP contribution in [0.3, 0.4) is 0 Å². The molecule has 1 fully saturated rings. The van der Waals surface area contributed by atoms with Gasteiger partial charge in [-0.25, -0.2) is 0 Å². The Balaban J connectivity index is 1.52. The van der Waals surface area contributed by atoms with E-state index in [1.165, 1.54) is 12.5 Å². The van der Waals surface area contributed by atoms with Crippen molar-refractivity contribution in [3.8, 4) is 0 Å². The summed E-state index contributed by atoms with van der Waals surface area (Å²) in [5.41, 5.74) is 1.56. The summed E-state index contributed by atoms with van der Waals surface area (Å²) in [7, 11) is 0. The molecule has 0 aliphatic carbocycles. The molecule has 1 aliphatic rings. The Morgan fingerprint density at radius 1 is 1.39 bits per heavy atom. The van der Waals surface area contributed by atoms with Crippen LogP contribution < -0.4 is 5.32 Å². The fourth-order valence-corrected chi connectivity index (χ4v) is 2.92. The standard InChI is InChI=1S/C17H17ClN2O3/c18-14-3-1-2-12(8-14)4-6-20-10-15(9-16(20)21)19-17(22)13-5-7-23-11-13/h1-3,5,7-8,11,15H,4,6,9-10H2,(H,19,22)/t15-/m0/s1. The number of carbonyl (C=O) groups excluding carboxylic acids is 2. The second-order valence-corrected chi connectivity index (χ2v) is 6.04. The average Bonchev–Trinajstić information content (AvgIpc) is 3.15. The van der Waals surface area contributed by atoms with Crippen LogP contribution in [0, 0.1) is 0 Å². The molecule has 1 aromatic heterocycles. The molecule has 23 heavy (non-hydrogen) atoms. The summed E-state index contributed by atoms with van der Waals surface area (Å²) in [6.45, 7) is 1.15. The van der Waals surface area contributed by atoms with Gasteiger partial charge in [0.25, 0.3) is 5.91 Å². The molecule has 6 heteroatoms. The lowest BCUT2D eigenvalue weighted by Crippen LogP contribution is -2.37. The number of nitrogens with one attached hydrogen (secondary N) is 1. The molecule has 1 saturated heterocycles. The predicted octanol–water partition coefficient (Wildman–Crippen LogP) is 2.51. The van der Waals surface area contributed by atoms with Gasteiger partial charge in [-0.15, -0.1) is 0 Å². The predicted molar refractivity (Wildman–Crippen MR) is 86.3 cm³/mol. The SMILES string of the molecule is O=C(N[C@H]1CC(=O)N(CCc2cccc(Cl)c2)C1)c1ccoc1. The van der Waals surface area contributed by atoms with Gasteiger partial charge < -0.3 is 14.6 Å². The van der Waals surface area contributed by atoms with E-state index in [0.717, 1.165) is 12.0 Å². The van der Waals surface area contributed by atoms with Gasteiger partial charge in [-0.1, -0.05) is 23.7 Å². The van der Waals surface area contributed by atoms with Gasteiger partial charge in [0, 0.05) is 24.5 Å². The van der Waals surface area contributed by atoms with E-state index in [1.807, 2.05) is 24.3 Å². The normalized spacial score (nSPS) is 17.5. The minimum atomic E-state index is -0.215. The van der Waals surface area contributed by atoms with E-state index in [0.29, 0.717) is 30.1 Å². The maximum atomic E-state index is 12.1. The highest BCUT2D eigenvalue weighted by Crippen LogP contribution is 2.15. The Morgan fingerprint density at radius 3 is 3.00 bits per heavy atom. The number of hydrogen-bond acceptors (Lipinski definition) is 3. The Kier molecular flexibility index (Phi) is 4.67. The summed E-state index contributed by atoms with van der Waals surface area (Å²) < 4.78 is 4.89. The minimum absolute atomic E-state index is 0.0597. The third kappa shape index (κ3) is 3.93. The van der Waals surface area contributed by atoms with Crippen LogP contribution in [0.5, 0.6) is 0 Å². The molecule has 3 rings (SSSR count). The molecule has 1 N–H and O–H groups in total. The van der Waals surface area contributed by atoms with E-state index in [4.69, 9.17) is 16.0 Å². The van der Waals surface area contributed by atoms with Crippen molar-refractivity contribution >= 4 is 23.4 Å². The molecule has 2 heterocycles. The number of nitrogens with zero attached hydrogens (tertiary/aromatic N) is 1. The van der Waals surface area contributed by atoms with Crippen molar-refractivity contribution in [1.82, 2.24) is 10.2 Å². The zero-order valence-electron chi connectivity index (χ0n) is 12.5. The lowest BCUT2D eigenvalue weighted by atomic mass is 10.1. The molecule has 1 atom stereocenters. The first-order valence-corrected chi connectivity index (χ1v) is 7.85. The highest BCUT2D eigenvalue weighted by atomic mass is 35.5. The van der Waals surface area contributed by atoms with Crippen molar-refractivity contribution in [2.45, 2.75) is 18.9 Å². The summed E-state index contributed by atoms with van der Waals surface area (Å²) in [6.07, 6.45) is 3.92. The van der Waals surface area contributed by atoms with Crippen molar-refractivity contribution in [3.63, 3.8) is 0 Å². The van der Waals surface area contributed by atoms with Crippen LogP contribution in [0.2, 0.25) is 5.02 Å². The van der Waals surface area contributed by atoms with Crippen LogP contribution in [0.4, 0.5) is 0 Å². The average molecular weight is 333 g/mol.